The minimum absolute atomic E-state index is 0.0432. The van der Waals surface area contributed by atoms with Crippen molar-refractivity contribution in [2.24, 2.45) is 0 Å². The van der Waals surface area contributed by atoms with Crippen molar-refractivity contribution in [3.63, 3.8) is 0 Å². The zero-order valence-corrected chi connectivity index (χ0v) is 17.5. The second-order valence-corrected chi connectivity index (χ2v) is 9.53. The van der Waals surface area contributed by atoms with Crippen LogP contribution in [0.5, 0.6) is 5.75 Å². The number of nitrogens with zero attached hydrogens (tertiary/aromatic N) is 2. The van der Waals surface area contributed by atoms with E-state index in [9.17, 15) is 47.0 Å². The number of benzene rings is 2. The van der Waals surface area contributed by atoms with Gasteiger partial charge in [-0.15, -0.1) is 0 Å². The smallest absolute Gasteiger partial charge is 0.420 e. The van der Waals surface area contributed by atoms with E-state index < -0.39 is 67.6 Å². The highest BCUT2D eigenvalue weighted by Crippen LogP contribution is 3.02. The number of hydrogen-bond acceptors (Lipinski definition) is 4. The molecule has 0 saturated carbocycles. The molecule has 2 aromatic carbocycles. The monoisotopic (exact) mass is 517 g/mol. The summed E-state index contributed by atoms with van der Waals surface area (Å²) >= 11 is 0. The molecule has 184 valence electrons. The molecule has 0 saturated heterocycles. The average molecular weight is 517 g/mol. The zero-order valence-electron chi connectivity index (χ0n) is 16.7. The summed E-state index contributed by atoms with van der Waals surface area (Å²) in [6, 6.07) is 4.31. The van der Waals surface area contributed by atoms with Crippen molar-refractivity contribution >= 4 is 16.1 Å². The molecule has 1 amide bonds. The Balaban J connectivity index is 2.27. The molecule has 1 atom stereocenters. The van der Waals surface area contributed by atoms with Crippen LogP contribution in [0.2, 0.25) is 0 Å². The highest BCUT2D eigenvalue weighted by Gasteiger charge is 2.65. The minimum atomic E-state index is -9.99. The van der Waals surface area contributed by atoms with Gasteiger partial charge in [0.25, 0.3) is 5.91 Å². The molecule has 1 unspecified atom stereocenters. The predicted octanol–water partition coefficient (Wildman–Crippen LogP) is 6.46. The second kappa shape index (κ2) is 7.73. The first-order chi connectivity index (χ1) is 15.2. The van der Waals surface area contributed by atoms with Crippen LogP contribution >= 0.6 is 10.2 Å². The molecule has 34 heavy (non-hydrogen) atoms. The third kappa shape index (κ3) is 6.26. The summed E-state index contributed by atoms with van der Waals surface area (Å²) in [6.07, 6.45) is -5.15. The van der Waals surface area contributed by atoms with Gasteiger partial charge in [0, 0.05) is 5.56 Å². The Bertz CT molecular complexity index is 1220. The van der Waals surface area contributed by atoms with Crippen LogP contribution in [0.3, 0.4) is 0 Å². The number of hydrogen-bond donors (Lipinski definition) is 1. The molecule has 0 bridgehead atoms. The fourth-order valence-corrected chi connectivity index (χ4v) is 3.16. The highest BCUT2D eigenvalue weighted by molar-refractivity contribution is 8.45. The zero-order chi connectivity index (χ0) is 26.2. The summed E-state index contributed by atoms with van der Waals surface area (Å²) < 4.78 is 122. The molecule has 0 aromatic heterocycles. The van der Waals surface area contributed by atoms with Gasteiger partial charge in [-0.1, -0.05) is 19.4 Å². The average Bonchev–Trinajstić information content (AvgIpc) is 2.70. The van der Waals surface area contributed by atoms with Gasteiger partial charge in [0.15, 0.2) is 17.1 Å². The molecule has 0 aliphatic rings. The van der Waals surface area contributed by atoms with E-state index in [0.717, 1.165) is 6.92 Å². The number of halogens is 9. The Morgan fingerprint density at radius 2 is 1.62 bits per heavy atom. The van der Waals surface area contributed by atoms with Gasteiger partial charge in [0.05, 0.1) is 17.7 Å². The quantitative estimate of drug-likeness (QED) is 0.446. The van der Waals surface area contributed by atoms with Crippen LogP contribution in [0.4, 0.5) is 37.0 Å². The van der Waals surface area contributed by atoms with Gasteiger partial charge < -0.3 is 10.1 Å². The van der Waals surface area contributed by atoms with E-state index in [-0.39, 0.29) is 12.1 Å². The Hall–Kier alpha value is -3.59. The van der Waals surface area contributed by atoms with Crippen molar-refractivity contribution in [2.75, 3.05) is 6.61 Å². The number of alkyl halides is 3. The Morgan fingerprint density at radius 3 is 2.06 bits per heavy atom. The van der Waals surface area contributed by atoms with Gasteiger partial charge in [0.2, 0.25) is 0 Å². The lowest BCUT2D eigenvalue weighted by Crippen LogP contribution is -2.49. The van der Waals surface area contributed by atoms with Crippen molar-refractivity contribution in [1.82, 2.24) is 5.32 Å². The van der Waals surface area contributed by atoms with E-state index >= 15 is 0 Å². The van der Waals surface area contributed by atoms with Crippen LogP contribution in [0.15, 0.2) is 41.3 Å². The maximum atomic E-state index is 14.1. The van der Waals surface area contributed by atoms with Gasteiger partial charge in [-0.05, 0) is 43.3 Å². The molecule has 0 aliphatic carbocycles. The standard InChI is InChI=1S/C19H12F9N3O2S/c1-18(9-30,10-33-16-14(19(21,22)23)6-11(8-29)7-15(16)20)31-17(32)12-2-4-13(5-3-12)34(24,25,26,27)28/h2-7H,10H2,1H3,(H,31,32). The first-order valence-corrected chi connectivity index (χ1v) is 10.7. The maximum absolute atomic E-state index is 14.1. The van der Waals surface area contributed by atoms with Gasteiger partial charge in [-0.3, -0.25) is 4.79 Å². The van der Waals surface area contributed by atoms with E-state index in [4.69, 9.17) is 10.00 Å². The molecule has 0 radical (unpaired) electrons. The molecule has 5 nitrogen and oxygen atoms in total. The first-order valence-electron chi connectivity index (χ1n) is 8.71. The lowest BCUT2D eigenvalue weighted by molar-refractivity contribution is -0.139. The predicted molar refractivity (Wildman–Crippen MR) is 101 cm³/mol. The van der Waals surface area contributed by atoms with E-state index in [0.29, 0.717) is 24.3 Å². The summed E-state index contributed by atoms with van der Waals surface area (Å²) in [4.78, 5) is 10.00. The summed E-state index contributed by atoms with van der Waals surface area (Å²) in [5.74, 6) is -4.19. The fourth-order valence-electron chi connectivity index (χ4n) is 2.51. The molecule has 15 heteroatoms. The Labute approximate surface area is 186 Å². The topological polar surface area (TPSA) is 85.9 Å². The van der Waals surface area contributed by atoms with Crippen molar-refractivity contribution in [3.8, 4) is 17.9 Å². The SMILES string of the molecule is CC(C#N)(COc1c(F)cc(C#N)cc1C(F)(F)F)NC(=O)c1ccc(S(F)(F)(F)(F)F)cc1. The van der Waals surface area contributed by atoms with E-state index in [1.54, 1.807) is 0 Å². The largest absolute Gasteiger partial charge is 0.486 e. The molecule has 0 aliphatic heterocycles. The minimum Gasteiger partial charge on any atom is -0.486 e. The lowest BCUT2D eigenvalue weighted by Gasteiger charge is -2.40. The Kier molecular flexibility index (Phi) is 6.06. The summed E-state index contributed by atoms with van der Waals surface area (Å²) in [5, 5.41) is 20.0. The molecule has 0 fully saturated rings. The third-order valence-electron chi connectivity index (χ3n) is 4.18. The second-order valence-electron chi connectivity index (χ2n) is 7.12. The van der Waals surface area contributed by atoms with Crippen molar-refractivity contribution in [2.45, 2.75) is 23.5 Å². The van der Waals surface area contributed by atoms with Crippen LogP contribution in [0.25, 0.3) is 0 Å². The van der Waals surface area contributed by atoms with Gasteiger partial charge in [-0.25, -0.2) is 4.39 Å². The number of rotatable bonds is 6. The van der Waals surface area contributed by atoms with E-state index in [1.807, 2.05) is 5.32 Å². The summed E-state index contributed by atoms with van der Waals surface area (Å²) in [7, 11) is -9.99. The number of carbonyl (C=O) groups is 1. The number of nitrogens with one attached hydrogen (secondary N) is 1. The number of amides is 1. The van der Waals surface area contributed by atoms with E-state index in [2.05, 4.69) is 0 Å². The number of carbonyl (C=O) groups excluding carboxylic acids is 1. The van der Waals surface area contributed by atoms with Gasteiger partial charge in [0.1, 0.15) is 17.1 Å². The highest BCUT2D eigenvalue weighted by atomic mass is 32.5. The normalized spacial score (nSPS) is 15.6. The molecule has 2 rings (SSSR count). The molecule has 0 heterocycles. The van der Waals surface area contributed by atoms with Gasteiger partial charge >= 0.3 is 16.4 Å². The molecule has 0 spiro atoms. The van der Waals surface area contributed by atoms with Crippen LogP contribution in [-0.4, -0.2) is 18.1 Å². The van der Waals surface area contributed by atoms with Crippen LogP contribution in [0.1, 0.15) is 28.4 Å². The van der Waals surface area contributed by atoms with Gasteiger partial charge in [-0.2, -0.15) is 23.7 Å². The van der Waals surface area contributed by atoms with E-state index in [1.165, 1.54) is 12.1 Å². The molecule has 2 aromatic rings. The first kappa shape index (κ1) is 26.7. The number of ether oxygens (including phenoxy) is 1. The molecular weight excluding hydrogens is 505 g/mol. The van der Waals surface area contributed by atoms with Crippen LogP contribution in [-0.2, 0) is 6.18 Å². The molecular formula is C19H12F9N3O2S. The third-order valence-corrected chi connectivity index (χ3v) is 5.34. The van der Waals surface area contributed by atoms with Crippen molar-refractivity contribution in [3.05, 3.63) is 58.9 Å². The summed E-state index contributed by atoms with van der Waals surface area (Å²) in [5.41, 5.74) is -5.06. The maximum Gasteiger partial charge on any atom is 0.420 e. The van der Waals surface area contributed by atoms with Crippen LogP contribution in [0, 0.1) is 28.5 Å². The lowest BCUT2D eigenvalue weighted by atomic mass is 10.0. The summed E-state index contributed by atoms with van der Waals surface area (Å²) in [6.45, 7) is -0.118. The fraction of sp³-hybridized carbons (Fsp3) is 0.211. The van der Waals surface area contributed by atoms with Crippen LogP contribution < -0.4 is 10.1 Å². The van der Waals surface area contributed by atoms with Crippen molar-refractivity contribution < 1.29 is 46.5 Å². The Morgan fingerprint density at radius 1 is 1.06 bits per heavy atom. The van der Waals surface area contributed by atoms with Crippen molar-refractivity contribution in [1.29, 1.82) is 10.5 Å². The number of nitriles is 2. The molecule has 1 N–H and O–H groups in total.